The van der Waals surface area contributed by atoms with Gasteiger partial charge in [-0.3, -0.25) is 0 Å². The van der Waals surface area contributed by atoms with Gasteiger partial charge in [0, 0.05) is 0 Å². The maximum atomic E-state index is 12.9. The number of benzene rings is 2. The molecule has 0 aliphatic carbocycles. The van der Waals surface area contributed by atoms with E-state index in [1.54, 1.807) is 12.1 Å². The van der Waals surface area contributed by atoms with Crippen LogP contribution in [0.5, 0.6) is 0 Å². The maximum Gasteiger partial charge on any atom is 0.123 e. The molecule has 0 aromatic heterocycles. The second-order valence-corrected chi connectivity index (χ2v) is 5.30. The van der Waals surface area contributed by atoms with Crippen LogP contribution >= 0.6 is 0 Å². The van der Waals surface area contributed by atoms with Crippen molar-refractivity contribution in [3.63, 3.8) is 0 Å². The van der Waals surface area contributed by atoms with Gasteiger partial charge in [-0.25, -0.2) is 4.39 Å². The lowest BCUT2D eigenvalue weighted by molar-refractivity contribution is 0.220. The smallest absolute Gasteiger partial charge is 0.123 e. The monoisotopic (exact) mass is 258 g/mol. The van der Waals surface area contributed by atoms with Gasteiger partial charge < -0.3 is 5.11 Å². The summed E-state index contributed by atoms with van der Waals surface area (Å²) in [4.78, 5) is 0. The lowest BCUT2D eigenvalue weighted by Crippen LogP contribution is -2.01. The summed E-state index contributed by atoms with van der Waals surface area (Å²) in [5.41, 5.74) is 2.78. The zero-order valence-corrected chi connectivity index (χ0v) is 11.3. The van der Waals surface area contributed by atoms with Crippen LogP contribution in [0.1, 0.15) is 36.6 Å². The Morgan fingerprint density at radius 2 is 1.68 bits per heavy atom. The molecule has 0 saturated heterocycles. The highest BCUT2D eigenvalue weighted by molar-refractivity contribution is 5.32. The van der Waals surface area contributed by atoms with Crippen molar-refractivity contribution in [3.8, 4) is 0 Å². The first-order chi connectivity index (χ1) is 9.06. The van der Waals surface area contributed by atoms with Crippen LogP contribution in [0.25, 0.3) is 0 Å². The summed E-state index contributed by atoms with van der Waals surface area (Å²) >= 11 is 0. The number of rotatable bonds is 4. The zero-order chi connectivity index (χ0) is 13.8. The average molecular weight is 258 g/mol. The first kappa shape index (κ1) is 13.8. The van der Waals surface area contributed by atoms with Gasteiger partial charge in [0.25, 0.3) is 0 Å². The normalized spacial score (nSPS) is 12.7. The van der Waals surface area contributed by atoms with Crippen LogP contribution in [-0.4, -0.2) is 5.11 Å². The van der Waals surface area contributed by atoms with Gasteiger partial charge in [0.1, 0.15) is 11.9 Å². The van der Waals surface area contributed by atoms with Gasteiger partial charge in [-0.2, -0.15) is 0 Å². The molecule has 0 heterocycles. The Morgan fingerprint density at radius 3 is 2.32 bits per heavy atom. The summed E-state index contributed by atoms with van der Waals surface area (Å²) in [6.45, 7) is 4.34. The highest BCUT2D eigenvalue weighted by Gasteiger charge is 2.11. The molecule has 2 heteroatoms. The third-order valence-corrected chi connectivity index (χ3v) is 3.10. The lowest BCUT2D eigenvalue weighted by Gasteiger charge is -2.13. The molecule has 0 amide bonds. The van der Waals surface area contributed by atoms with E-state index in [9.17, 15) is 9.50 Å². The first-order valence-electron chi connectivity index (χ1n) is 6.58. The predicted octanol–water partition coefficient (Wildman–Crippen LogP) is 4.11. The van der Waals surface area contributed by atoms with Gasteiger partial charge in [0.05, 0.1) is 0 Å². The van der Waals surface area contributed by atoms with Crippen LogP contribution in [0.4, 0.5) is 4.39 Å². The third-order valence-electron chi connectivity index (χ3n) is 3.10. The minimum atomic E-state index is -0.701. The molecule has 0 aliphatic rings. The van der Waals surface area contributed by atoms with Gasteiger partial charge in [0.2, 0.25) is 0 Å². The molecular weight excluding hydrogens is 239 g/mol. The quantitative estimate of drug-likeness (QED) is 0.875. The molecule has 2 rings (SSSR count). The van der Waals surface area contributed by atoms with Gasteiger partial charge in [0.15, 0.2) is 0 Å². The van der Waals surface area contributed by atoms with Crippen LogP contribution in [0, 0.1) is 11.7 Å². The Balaban J connectivity index is 2.23. The molecule has 2 aromatic carbocycles. The third kappa shape index (κ3) is 3.65. The molecule has 0 aliphatic heterocycles. The number of hydrogen-bond donors (Lipinski definition) is 1. The van der Waals surface area contributed by atoms with Crippen molar-refractivity contribution in [1.82, 2.24) is 0 Å². The van der Waals surface area contributed by atoms with Crippen molar-refractivity contribution in [2.75, 3.05) is 0 Å². The Morgan fingerprint density at radius 1 is 1.00 bits per heavy atom. The van der Waals surface area contributed by atoms with Crippen molar-refractivity contribution in [3.05, 3.63) is 71.0 Å². The van der Waals surface area contributed by atoms with E-state index < -0.39 is 6.10 Å². The Kier molecular flexibility index (Phi) is 4.33. The van der Waals surface area contributed by atoms with Gasteiger partial charge in [-0.05, 0) is 41.2 Å². The first-order valence-corrected chi connectivity index (χ1v) is 6.58. The second-order valence-electron chi connectivity index (χ2n) is 5.30. The summed E-state index contributed by atoms with van der Waals surface area (Å²) in [6.07, 6.45) is 0.289. The highest BCUT2D eigenvalue weighted by Crippen LogP contribution is 2.23. The van der Waals surface area contributed by atoms with Crippen LogP contribution in [0.2, 0.25) is 0 Å². The van der Waals surface area contributed by atoms with E-state index in [1.165, 1.54) is 17.7 Å². The number of hydrogen-bond acceptors (Lipinski definition) is 1. The van der Waals surface area contributed by atoms with Gasteiger partial charge >= 0.3 is 0 Å². The summed E-state index contributed by atoms with van der Waals surface area (Å²) in [7, 11) is 0. The van der Waals surface area contributed by atoms with Gasteiger partial charge in [-0.1, -0.05) is 50.2 Å². The van der Waals surface area contributed by atoms with E-state index in [2.05, 4.69) is 19.9 Å². The molecule has 0 radical (unpaired) electrons. The van der Waals surface area contributed by atoms with Crippen LogP contribution in [0.3, 0.4) is 0 Å². The molecule has 0 fully saturated rings. The lowest BCUT2D eigenvalue weighted by atomic mass is 9.96. The predicted molar refractivity (Wildman–Crippen MR) is 75.4 cm³/mol. The molecule has 1 N–H and O–H groups in total. The molecule has 1 nitrogen and oxygen atoms in total. The van der Waals surface area contributed by atoms with Crippen molar-refractivity contribution in [1.29, 1.82) is 0 Å². The van der Waals surface area contributed by atoms with Crippen molar-refractivity contribution in [2.24, 2.45) is 5.92 Å². The van der Waals surface area contributed by atoms with E-state index in [1.807, 2.05) is 18.2 Å². The standard InChI is InChI=1S/C17H19FO/c1-12(2)10-13-4-3-5-15(11-13)17(19)14-6-8-16(18)9-7-14/h3-9,11-12,17,19H,10H2,1-2H3. The fourth-order valence-electron chi connectivity index (χ4n) is 2.20. The molecular formula is C17H19FO. The molecule has 19 heavy (non-hydrogen) atoms. The molecule has 0 spiro atoms. The van der Waals surface area contributed by atoms with E-state index in [0.717, 1.165) is 12.0 Å². The Bertz CT molecular complexity index is 531. The topological polar surface area (TPSA) is 20.2 Å². The van der Waals surface area contributed by atoms with E-state index >= 15 is 0 Å². The molecule has 1 unspecified atom stereocenters. The fourth-order valence-corrected chi connectivity index (χ4v) is 2.20. The van der Waals surface area contributed by atoms with E-state index in [4.69, 9.17) is 0 Å². The van der Waals surface area contributed by atoms with Crippen LogP contribution < -0.4 is 0 Å². The van der Waals surface area contributed by atoms with Crippen molar-refractivity contribution < 1.29 is 9.50 Å². The van der Waals surface area contributed by atoms with Crippen LogP contribution in [-0.2, 0) is 6.42 Å². The Hall–Kier alpha value is -1.67. The Labute approximate surface area is 113 Å². The van der Waals surface area contributed by atoms with E-state index in [-0.39, 0.29) is 5.82 Å². The maximum absolute atomic E-state index is 12.9. The summed E-state index contributed by atoms with van der Waals surface area (Å²) in [6, 6.07) is 13.9. The molecule has 2 aromatic rings. The molecule has 1 atom stereocenters. The van der Waals surface area contributed by atoms with E-state index in [0.29, 0.717) is 11.5 Å². The number of halogens is 1. The van der Waals surface area contributed by atoms with Gasteiger partial charge in [-0.15, -0.1) is 0 Å². The SMILES string of the molecule is CC(C)Cc1cccc(C(O)c2ccc(F)cc2)c1. The number of aliphatic hydroxyl groups is 1. The molecule has 0 saturated carbocycles. The van der Waals surface area contributed by atoms with Crippen molar-refractivity contribution >= 4 is 0 Å². The summed E-state index contributed by atoms with van der Waals surface area (Å²) in [5.74, 6) is 0.294. The number of aliphatic hydroxyl groups excluding tert-OH is 1. The zero-order valence-electron chi connectivity index (χ0n) is 11.3. The van der Waals surface area contributed by atoms with Crippen molar-refractivity contribution in [2.45, 2.75) is 26.4 Å². The second kappa shape index (κ2) is 5.98. The molecule has 100 valence electrons. The minimum absolute atomic E-state index is 0.287. The average Bonchev–Trinajstić information content (AvgIpc) is 2.38. The largest absolute Gasteiger partial charge is 0.384 e. The fraction of sp³-hybridized carbons (Fsp3) is 0.294. The highest BCUT2D eigenvalue weighted by atomic mass is 19.1. The summed E-state index contributed by atoms with van der Waals surface area (Å²) < 4.78 is 12.9. The summed E-state index contributed by atoms with van der Waals surface area (Å²) in [5, 5.41) is 10.3. The minimum Gasteiger partial charge on any atom is -0.384 e. The molecule has 0 bridgehead atoms. The van der Waals surface area contributed by atoms with Crippen LogP contribution in [0.15, 0.2) is 48.5 Å².